The van der Waals surface area contributed by atoms with E-state index >= 15 is 0 Å². The van der Waals surface area contributed by atoms with Crippen molar-refractivity contribution in [2.24, 2.45) is 0 Å². The number of benzene rings is 1. The second kappa shape index (κ2) is 4.95. The molecule has 0 amide bonds. The number of halogens is 2. The highest BCUT2D eigenvalue weighted by molar-refractivity contribution is 7.99. The number of pyridine rings is 1. The van der Waals surface area contributed by atoms with Crippen LogP contribution >= 0.6 is 35.0 Å². The summed E-state index contributed by atoms with van der Waals surface area (Å²) in [5, 5.41) is 2.10. The number of hydrogen-bond acceptors (Lipinski definition) is 3. The molecule has 0 aliphatic heterocycles. The van der Waals surface area contributed by atoms with Gasteiger partial charge in [-0.2, -0.15) is 0 Å². The standard InChI is InChI=1S/C11H8Cl2N2S/c12-7-4-5-8(13)9(6-7)16-11-3-1-2-10(14)15-11/h1-6H,(H2,14,15). The van der Waals surface area contributed by atoms with Crippen molar-refractivity contribution >= 4 is 40.8 Å². The number of hydrogen-bond donors (Lipinski definition) is 1. The normalized spacial score (nSPS) is 10.4. The molecule has 2 nitrogen and oxygen atoms in total. The van der Waals surface area contributed by atoms with Gasteiger partial charge in [-0.05, 0) is 30.3 Å². The monoisotopic (exact) mass is 270 g/mol. The summed E-state index contributed by atoms with van der Waals surface area (Å²) in [6, 6.07) is 10.8. The highest BCUT2D eigenvalue weighted by Gasteiger charge is 2.04. The lowest BCUT2D eigenvalue weighted by Crippen LogP contribution is -1.89. The number of nitrogens with zero attached hydrogens (tertiary/aromatic N) is 1. The maximum atomic E-state index is 6.05. The predicted octanol–water partition coefficient (Wildman–Crippen LogP) is 4.12. The molecule has 0 unspecified atom stereocenters. The zero-order valence-corrected chi connectivity index (χ0v) is 10.5. The average Bonchev–Trinajstić information content (AvgIpc) is 2.24. The predicted molar refractivity (Wildman–Crippen MR) is 69.2 cm³/mol. The molecular formula is C11H8Cl2N2S. The lowest BCUT2D eigenvalue weighted by atomic mass is 10.4. The number of anilines is 1. The van der Waals surface area contributed by atoms with Gasteiger partial charge in [-0.3, -0.25) is 0 Å². The minimum Gasteiger partial charge on any atom is -0.384 e. The first-order valence-corrected chi connectivity index (χ1v) is 6.08. The van der Waals surface area contributed by atoms with E-state index in [0.717, 1.165) is 9.92 Å². The second-order valence-corrected chi connectivity index (χ2v) is 4.98. The van der Waals surface area contributed by atoms with Crippen molar-refractivity contribution in [1.29, 1.82) is 0 Å². The quantitative estimate of drug-likeness (QED) is 0.892. The Morgan fingerprint density at radius 2 is 1.94 bits per heavy atom. The lowest BCUT2D eigenvalue weighted by molar-refractivity contribution is 1.14. The molecule has 82 valence electrons. The van der Waals surface area contributed by atoms with Gasteiger partial charge in [0.05, 0.1) is 5.02 Å². The van der Waals surface area contributed by atoms with Crippen LogP contribution in [0.2, 0.25) is 10.0 Å². The van der Waals surface area contributed by atoms with Crippen molar-refractivity contribution in [2.45, 2.75) is 9.92 Å². The Morgan fingerprint density at radius 3 is 2.69 bits per heavy atom. The van der Waals surface area contributed by atoms with Crippen LogP contribution in [0.5, 0.6) is 0 Å². The van der Waals surface area contributed by atoms with Crippen LogP contribution in [-0.2, 0) is 0 Å². The number of nitrogens with two attached hydrogens (primary N) is 1. The van der Waals surface area contributed by atoms with Crippen LogP contribution in [0.25, 0.3) is 0 Å². The van der Waals surface area contributed by atoms with Gasteiger partial charge < -0.3 is 5.73 Å². The van der Waals surface area contributed by atoms with Crippen molar-refractivity contribution in [3.63, 3.8) is 0 Å². The molecule has 1 aromatic heterocycles. The molecule has 0 saturated heterocycles. The van der Waals surface area contributed by atoms with Crippen molar-refractivity contribution in [3.8, 4) is 0 Å². The van der Waals surface area contributed by atoms with Gasteiger partial charge in [0.25, 0.3) is 0 Å². The summed E-state index contributed by atoms with van der Waals surface area (Å²) in [7, 11) is 0. The lowest BCUT2D eigenvalue weighted by Gasteiger charge is -2.04. The van der Waals surface area contributed by atoms with Crippen molar-refractivity contribution < 1.29 is 0 Å². The summed E-state index contributed by atoms with van der Waals surface area (Å²) < 4.78 is 0. The van der Waals surface area contributed by atoms with Crippen LogP contribution in [0, 0.1) is 0 Å². The summed E-state index contributed by atoms with van der Waals surface area (Å²) >= 11 is 13.4. The molecule has 16 heavy (non-hydrogen) atoms. The number of nitrogen functional groups attached to an aromatic ring is 1. The molecule has 5 heteroatoms. The minimum absolute atomic E-state index is 0.489. The van der Waals surface area contributed by atoms with Gasteiger partial charge >= 0.3 is 0 Å². The Bertz CT molecular complexity index is 517. The van der Waals surface area contributed by atoms with Crippen molar-refractivity contribution in [3.05, 3.63) is 46.4 Å². The van der Waals surface area contributed by atoms with E-state index in [4.69, 9.17) is 28.9 Å². The Labute approximate surface area is 108 Å². The zero-order chi connectivity index (χ0) is 11.5. The highest BCUT2D eigenvalue weighted by Crippen LogP contribution is 2.34. The van der Waals surface area contributed by atoms with E-state index in [1.165, 1.54) is 11.8 Å². The van der Waals surface area contributed by atoms with Gasteiger partial charge in [-0.1, -0.05) is 41.0 Å². The molecular weight excluding hydrogens is 263 g/mol. The van der Waals surface area contributed by atoms with Gasteiger partial charge in [0.2, 0.25) is 0 Å². The molecule has 2 N–H and O–H groups in total. The molecule has 1 heterocycles. The maximum absolute atomic E-state index is 6.05. The minimum atomic E-state index is 0.489. The highest BCUT2D eigenvalue weighted by atomic mass is 35.5. The van der Waals surface area contributed by atoms with Crippen LogP contribution in [0.3, 0.4) is 0 Å². The van der Waals surface area contributed by atoms with Crippen molar-refractivity contribution in [2.75, 3.05) is 5.73 Å². The molecule has 0 saturated carbocycles. The molecule has 0 bridgehead atoms. The molecule has 2 aromatic rings. The van der Waals surface area contributed by atoms with E-state index in [1.807, 2.05) is 12.1 Å². The van der Waals surface area contributed by atoms with Crippen LogP contribution in [0.1, 0.15) is 0 Å². The summed E-state index contributed by atoms with van der Waals surface area (Å²) in [6.45, 7) is 0. The molecule has 0 radical (unpaired) electrons. The molecule has 0 atom stereocenters. The van der Waals surface area contributed by atoms with Crippen LogP contribution in [0.15, 0.2) is 46.3 Å². The second-order valence-electron chi connectivity index (χ2n) is 3.08. The SMILES string of the molecule is Nc1cccc(Sc2cc(Cl)ccc2Cl)n1. The first-order chi connectivity index (χ1) is 7.65. The Kier molecular flexibility index (Phi) is 3.59. The third-order valence-corrected chi connectivity index (χ3v) is 3.52. The fourth-order valence-electron chi connectivity index (χ4n) is 1.16. The molecule has 2 rings (SSSR count). The molecule has 0 fully saturated rings. The molecule has 0 aliphatic carbocycles. The summed E-state index contributed by atoms with van der Waals surface area (Å²) in [5.74, 6) is 0.489. The van der Waals surface area contributed by atoms with Gasteiger partial charge in [0.1, 0.15) is 10.8 Å². The van der Waals surface area contributed by atoms with Crippen LogP contribution in [0.4, 0.5) is 5.82 Å². The van der Waals surface area contributed by atoms with E-state index in [9.17, 15) is 0 Å². The summed E-state index contributed by atoms with van der Waals surface area (Å²) in [4.78, 5) is 5.05. The Morgan fingerprint density at radius 1 is 1.12 bits per heavy atom. The Balaban J connectivity index is 2.30. The van der Waals surface area contributed by atoms with Gasteiger partial charge in [-0.15, -0.1) is 0 Å². The summed E-state index contributed by atoms with van der Waals surface area (Å²) in [5.41, 5.74) is 5.60. The molecule has 0 aliphatic rings. The van der Waals surface area contributed by atoms with Gasteiger partial charge in [-0.25, -0.2) is 4.98 Å². The van der Waals surface area contributed by atoms with Crippen LogP contribution in [-0.4, -0.2) is 4.98 Å². The number of rotatable bonds is 2. The third kappa shape index (κ3) is 2.82. The van der Waals surface area contributed by atoms with Crippen LogP contribution < -0.4 is 5.73 Å². The smallest absolute Gasteiger partial charge is 0.124 e. The van der Waals surface area contributed by atoms with E-state index < -0.39 is 0 Å². The number of aromatic nitrogens is 1. The third-order valence-electron chi connectivity index (χ3n) is 1.85. The first kappa shape index (κ1) is 11.6. The topological polar surface area (TPSA) is 38.9 Å². The van der Waals surface area contributed by atoms with E-state index in [2.05, 4.69) is 4.98 Å². The van der Waals surface area contributed by atoms with Crippen molar-refractivity contribution in [1.82, 2.24) is 4.98 Å². The zero-order valence-electron chi connectivity index (χ0n) is 8.15. The van der Waals surface area contributed by atoms with E-state index in [-0.39, 0.29) is 0 Å². The summed E-state index contributed by atoms with van der Waals surface area (Å²) in [6.07, 6.45) is 0. The average molecular weight is 271 g/mol. The van der Waals surface area contributed by atoms with Gasteiger partial charge in [0, 0.05) is 9.92 Å². The van der Waals surface area contributed by atoms with Gasteiger partial charge in [0.15, 0.2) is 0 Å². The van der Waals surface area contributed by atoms with E-state index in [0.29, 0.717) is 15.9 Å². The Hall–Kier alpha value is -0.900. The first-order valence-electron chi connectivity index (χ1n) is 4.50. The molecule has 1 aromatic carbocycles. The fourth-order valence-corrected chi connectivity index (χ4v) is 2.50. The fraction of sp³-hybridized carbons (Fsp3) is 0. The largest absolute Gasteiger partial charge is 0.384 e. The van der Waals surface area contributed by atoms with E-state index in [1.54, 1.807) is 24.3 Å². The molecule has 0 spiro atoms. The maximum Gasteiger partial charge on any atom is 0.124 e.